The molecule has 0 aliphatic rings. The third-order valence-corrected chi connectivity index (χ3v) is 2.86. The maximum atomic E-state index is 10.0. The molecular weight excluding hydrogens is 324 g/mol. The van der Waals surface area contributed by atoms with Crippen molar-refractivity contribution in [1.29, 1.82) is 0 Å². The second-order valence-corrected chi connectivity index (χ2v) is 6.98. The highest BCUT2D eigenvalue weighted by molar-refractivity contribution is 5.49. The number of hydrogen-bond donors (Lipinski definition) is 1. The van der Waals surface area contributed by atoms with Gasteiger partial charge in [0.1, 0.15) is 6.29 Å². The molecule has 0 atom stereocenters. The molecule has 0 aromatic carbocycles. The van der Waals surface area contributed by atoms with E-state index in [4.69, 9.17) is 24.7 Å². The Bertz CT molecular complexity index is 271. The first kappa shape index (κ1) is 26.7. The number of nitrogens with two attached hydrogens (primary N) is 1. The van der Waals surface area contributed by atoms with Gasteiger partial charge in [0.15, 0.2) is 0 Å². The van der Waals surface area contributed by atoms with Gasteiger partial charge in [-0.1, -0.05) is 20.8 Å². The molecule has 0 aliphatic heterocycles. The summed E-state index contributed by atoms with van der Waals surface area (Å²) in [6.07, 6.45) is 2.34. The summed E-state index contributed by atoms with van der Waals surface area (Å²) in [7, 11) is 3.86. The zero-order valence-electron chi connectivity index (χ0n) is 16.9. The van der Waals surface area contributed by atoms with Gasteiger partial charge in [0.05, 0.1) is 46.2 Å². The monoisotopic (exact) mass is 364 g/mol. The van der Waals surface area contributed by atoms with Gasteiger partial charge in [0, 0.05) is 19.7 Å². The van der Waals surface area contributed by atoms with Crippen LogP contribution in [0.15, 0.2) is 0 Å². The standard InChI is InChI=1S/C15H30O5.C3H10N2/c1-15(2,3)5-8-18-10-12-20-14-13-19-11-9-17-7-4-6-16;1-5(2)3-4/h6H,4-5,7-14H2,1-3H3;3-4H2,1-2H3. The van der Waals surface area contributed by atoms with Crippen molar-refractivity contribution in [2.24, 2.45) is 11.1 Å². The quantitative estimate of drug-likeness (QED) is 0.268. The van der Waals surface area contributed by atoms with Crippen LogP contribution in [0.3, 0.4) is 0 Å². The van der Waals surface area contributed by atoms with Gasteiger partial charge >= 0.3 is 0 Å². The summed E-state index contributed by atoms with van der Waals surface area (Å²) >= 11 is 0. The summed E-state index contributed by atoms with van der Waals surface area (Å²) in [6.45, 7) is 11.9. The van der Waals surface area contributed by atoms with E-state index in [1.165, 1.54) is 0 Å². The molecule has 0 aromatic heterocycles. The first-order chi connectivity index (χ1) is 11.8. The Kier molecular flexibility index (Phi) is 21.1. The van der Waals surface area contributed by atoms with Crippen LogP contribution in [0.25, 0.3) is 0 Å². The minimum absolute atomic E-state index is 0.322. The number of rotatable bonds is 15. The number of hydrogen-bond acceptors (Lipinski definition) is 7. The van der Waals surface area contributed by atoms with Crippen LogP contribution in [-0.4, -0.2) is 84.8 Å². The number of nitrogens with zero attached hydrogens (tertiary/aromatic N) is 1. The van der Waals surface area contributed by atoms with E-state index in [1.54, 1.807) is 0 Å². The zero-order chi connectivity index (χ0) is 19.4. The van der Waals surface area contributed by atoms with Crippen LogP contribution < -0.4 is 5.73 Å². The minimum Gasteiger partial charge on any atom is -0.379 e. The number of carbonyl (C=O) groups is 1. The van der Waals surface area contributed by atoms with E-state index in [9.17, 15) is 4.79 Å². The van der Waals surface area contributed by atoms with Gasteiger partial charge in [-0.25, -0.2) is 0 Å². The summed E-state index contributed by atoms with van der Waals surface area (Å²) in [5.74, 6) is 0. The highest BCUT2D eigenvalue weighted by Gasteiger charge is 2.08. The molecule has 0 spiro atoms. The fraction of sp³-hybridized carbons (Fsp3) is 0.944. The Morgan fingerprint density at radius 1 is 0.800 bits per heavy atom. The average Bonchev–Trinajstić information content (AvgIpc) is 2.54. The molecule has 0 aliphatic carbocycles. The predicted molar refractivity (Wildman–Crippen MR) is 101 cm³/mol. The lowest BCUT2D eigenvalue weighted by atomic mass is 9.93. The predicted octanol–water partition coefficient (Wildman–Crippen LogP) is 1.54. The van der Waals surface area contributed by atoms with Crippen LogP contribution in [-0.2, 0) is 23.7 Å². The van der Waals surface area contributed by atoms with Crippen molar-refractivity contribution < 1.29 is 23.7 Å². The first-order valence-corrected chi connectivity index (χ1v) is 8.93. The average molecular weight is 365 g/mol. The third-order valence-electron chi connectivity index (χ3n) is 2.86. The van der Waals surface area contributed by atoms with E-state index in [0.29, 0.717) is 64.8 Å². The second-order valence-electron chi connectivity index (χ2n) is 6.98. The van der Waals surface area contributed by atoms with Gasteiger partial charge in [0.2, 0.25) is 0 Å². The molecule has 0 heterocycles. The molecule has 0 saturated heterocycles. The van der Waals surface area contributed by atoms with E-state index in [2.05, 4.69) is 20.8 Å². The normalized spacial score (nSPS) is 11.3. The molecular formula is C18H40N2O5. The Morgan fingerprint density at radius 3 is 1.48 bits per heavy atom. The Hall–Kier alpha value is -0.570. The fourth-order valence-corrected chi connectivity index (χ4v) is 1.27. The van der Waals surface area contributed by atoms with Gasteiger partial charge in [0.25, 0.3) is 0 Å². The molecule has 152 valence electrons. The van der Waals surface area contributed by atoms with Crippen molar-refractivity contribution in [3.05, 3.63) is 0 Å². The van der Waals surface area contributed by atoms with Gasteiger partial charge in [-0.15, -0.1) is 0 Å². The maximum Gasteiger partial charge on any atom is 0.122 e. The molecule has 0 unspecified atom stereocenters. The van der Waals surface area contributed by atoms with Crippen molar-refractivity contribution in [3.8, 4) is 0 Å². The molecule has 0 radical (unpaired) electrons. The lowest BCUT2D eigenvalue weighted by Gasteiger charge is -2.17. The van der Waals surface area contributed by atoms with Crippen molar-refractivity contribution >= 4 is 6.29 Å². The van der Waals surface area contributed by atoms with E-state index < -0.39 is 0 Å². The second kappa shape index (κ2) is 19.8. The Morgan fingerprint density at radius 2 is 1.16 bits per heavy atom. The van der Waals surface area contributed by atoms with Crippen LogP contribution in [0.2, 0.25) is 0 Å². The van der Waals surface area contributed by atoms with Crippen molar-refractivity contribution in [1.82, 2.24) is 4.90 Å². The summed E-state index contributed by atoms with van der Waals surface area (Å²) in [5, 5.41) is 0. The van der Waals surface area contributed by atoms with Gasteiger partial charge in [-0.3, -0.25) is 4.90 Å². The molecule has 25 heavy (non-hydrogen) atoms. The van der Waals surface area contributed by atoms with Gasteiger partial charge in [-0.05, 0) is 25.9 Å². The molecule has 7 nitrogen and oxygen atoms in total. The molecule has 0 saturated carbocycles. The first-order valence-electron chi connectivity index (χ1n) is 8.93. The van der Waals surface area contributed by atoms with Crippen LogP contribution in [0.4, 0.5) is 0 Å². The van der Waals surface area contributed by atoms with E-state index >= 15 is 0 Å². The molecule has 0 rings (SSSR count). The number of ether oxygens (including phenoxy) is 4. The topological polar surface area (TPSA) is 83.2 Å². The minimum atomic E-state index is 0.322. The third kappa shape index (κ3) is 31.7. The fourth-order valence-electron chi connectivity index (χ4n) is 1.27. The lowest BCUT2D eigenvalue weighted by Crippen LogP contribution is -2.20. The smallest absolute Gasteiger partial charge is 0.122 e. The molecule has 7 heteroatoms. The van der Waals surface area contributed by atoms with Gasteiger partial charge < -0.3 is 29.5 Å². The van der Waals surface area contributed by atoms with Crippen LogP contribution in [0.1, 0.15) is 33.6 Å². The Balaban J connectivity index is 0. The summed E-state index contributed by atoms with van der Waals surface area (Å²) < 4.78 is 21.3. The Labute approximate surface area is 154 Å². The molecule has 2 N–H and O–H groups in total. The molecule has 0 amide bonds. The summed E-state index contributed by atoms with van der Waals surface area (Å²) in [5.41, 5.74) is 5.42. The van der Waals surface area contributed by atoms with E-state index in [1.807, 2.05) is 19.0 Å². The number of aldehydes is 1. The zero-order valence-corrected chi connectivity index (χ0v) is 16.9. The molecule has 0 bridgehead atoms. The van der Waals surface area contributed by atoms with Crippen molar-refractivity contribution in [3.63, 3.8) is 0 Å². The van der Waals surface area contributed by atoms with Gasteiger partial charge in [-0.2, -0.15) is 0 Å². The van der Waals surface area contributed by atoms with Crippen LogP contribution >= 0.6 is 0 Å². The summed E-state index contributed by atoms with van der Waals surface area (Å²) in [6, 6.07) is 0. The highest BCUT2D eigenvalue weighted by Crippen LogP contribution is 2.17. The molecule has 0 aromatic rings. The summed E-state index contributed by atoms with van der Waals surface area (Å²) in [4.78, 5) is 11.9. The highest BCUT2D eigenvalue weighted by atomic mass is 16.6. The van der Waals surface area contributed by atoms with E-state index in [0.717, 1.165) is 19.3 Å². The maximum absolute atomic E-state index is 10.0. The molecule has 0 fully saturated rings. The van der Waals surface area contributed by atoms with Crippen molar-refractivity contribution in [2.75, 3.05) is 73.6 Å². The van der Waals surface area contributed by atoms with Crippen molar-refractivity contribution in [2.45, 2.75) is 33.6 Å². The van der Waals surface area contributed by atoms with E-state index in [-0.39, 0.29) is 0 Å². The number of carbonyl (C=O) groups excluding carboxylic acids is 1. The lowest BCUT2D eigenvalue weighted by molar-refractivity contribution is -0.108. The largest absolute Gasteiger partial charge is 0.379 e. The van der Waals surface area contributed by atoms with Crippen LogP contribution in [0, 0.1) is 5.41 Å². The SMILES string of the molecule is CC(C)(C)CCOCCOCCOCCOCCC=O.CN(C)CN. The van der Waals surface area contributed by atoms with Crippen LogP contribution in [0.5, 0.6) is 0 Å².